The van der Waals surface area contributed by atoms with Gasteiger partial charge in [-0.3, -0.25) is 10.1 Å². The van der Waals surface area contributed by atoms with E-state index in [1.54, 1.807) is 13.0 Å². The van der Waals surface area contributed by atoms with Gasteiger partial charge in [0.25, 0.3) is 5.69 Å². The molecule has 184 valence electrons. The molecule has 0 saturated heterocycles. The number of carbonyl (C=O) groups is 1. The standard InChI is InChI=1S/C25H31N7O3/c1-16-8-13-19(32(34)35)14-22(16)29-25(33)26-15-17-9-11-18(12-10-17)27-24-28-21-7-5-4-6-20(21)23(30-24)31(2)3/h4-8,13-14,17-18H,9-12,15H2,1-3H3,(H2,26,29,33)(H,27,28,30)/t17-,18+. The summed E-state index contributed by atoms with van der Waals surface area (Å²) in [6, 6.07) is 12.4. The second-order valence-corrected chi connectivity index (χ2v) is 9.24. The number of aromatic nitrogens is 2. The number of anilines is 3. The van der Waals surface area contributed by atoms with Crippen LogP contribution >= 0.6 is 0 Å². The number of nitrogens with zero attached hydrogens (tertiary/aromatic N) is 4. The Morgan fingerprint density at radius 1 is 1.11 bits per heavy atom. The Kier molecular flexibility index (Phi) is 7.28. The number of non-ortho nitro benzene ring substituents is 1. The molecule has 10 nitrogen and oxygen atoms in total. The lowest BCUT2D eigenvalue weighted by atomic mass is 9.86. The summed E-state index contributed by atoms with van der Waals surface area (Å²) in [5.74, 6) is 1.90. The zero-order valence-corrected chi connectivity index (χ0v) is 20.2. The number of aryl methyl sites for hydroxylation is 1. The van der Waals surface area contributed by atoms with Crippen LogP contribution in [0.2, 0.25) is 0 Å². The summed E-state index contributed by atoms with van der Waals surface area (Å²) in [6.07, 6.45) is 3.88. The molecule has 2 aromatic carbocycles. The summed E-state index contributed by atoms with van der Waals surface area (Å²) in [5, 5.41) is 21.2. The fourth-order valence-corrected chi connectivity index (χ4v) is 4.42. The van der Waals surface area contributed by atoms with Gasteiger partial charge in [-0.15, -0.1) is 0 Å². The van der Waals surface area contributed by atoms with Gasteiger partial charge in [0.05, 0.1) is 16.1 Å². The van der Waals surface area contributed by atoms with Crippen LogP contribution in [0.1, 0.15) is 31.2 Å². The van der Waals surface area contributed by atoms with E-state index in [9.17, 15) is 14.9 Å². The molecule has 0 unspecified atom stereocenters. The molecule has 3 N–H and O–H groups in total. The lowest BCUT2D eigenvalue weighted by Crippen LogP contribution is -2.36. The first-order valence-corrected chi connectivity index (χ1v) is 11.8. The zero-order chi connectivity index (χ0) is 24.9. The van der Waals surface area contributed by atoms with Crippen molar-refractivity contribution in [2.24, 2.45) is 5.92 Å². The van der Waals surface area contributed by atoms with E-state index in [1.807, 2.05) is 43.3 Å². The molecule has 1 aliphatic carbocycles. The highest BCUT2D eigenvalue weighted by molar-refractivity contribution is 5.91. The topological polar surface area (TPSA) is 125 Å². The van der Waals surface area contributed by atoms with E-state index in [1.165, 1.54) is 12.1 Å². The number of rotatable bonds is 7. The molecule has 1 saturated carbocycles. The molecule has 0 spiro atoms. The maximum absolute atomic E-state index is 12.4. The van der Waals surface area contributed by atoms with E-state index < -0.39 is 4.92 Å². The molecule has 0 aliphatic heterocycles. The van der Waals surface area contributed by atoms with Crippen molar-refractivity contribution in [2.75, 3.05) is 36.2 Å². The molecular formula is C25H31N7O3. The number of nitro benzene ring substituents is 1. The number of hydrogen-bond donors (Lipinski definition) is 3. The Morgan fingerprint density at radius 2 is 1.86 bits per heavy atom. The number of hydrogen-bond acceptors (Lipinski definition) is 7. The van der Waals surface area contributed by atoms with Gasteiger partial charge in [0.15, 0.2) is 0 Å². The Bertz CT molecular complexity index is 1220. The molecule has 1 fully saturated rings. The zero-order valence-electron chi connectivity index (χ0n) is 20.2. The van der Waals surface area contributed by atoms with Gasteiger partial charge in [0, 0.05) is 44.2 Å². The van der Waals surface area contributed by atoms with Gasteiger partial charge in [-0.05, 0) is 56.2 Å². The highest BCUT2D eigenvalue weighted by atomic mass is 16.6. The molecule has 2 amide bonds. The molecule has 0 radical (unpaired) electrons. The van der Waals surface area contributed by atoms with Crippen LogP contribution in [0, 0.1) is 23.0 Å². The molecule has 4 rings (SSSR count). The summed E-state index contributed by atoms with van der Waals surface area (Å²) in [6.45, 7) is 2.36. The number of urea groups is 1. The molecular weight excluding hydrogens is 446 g/mol. The van der Waals surface area contributed by atoms with Gasteiger partial charge in [-0.2, -0.15) is 4.98 Å². The average Bonchev–Trinajstić information content (AvgIpc) is 2.84. The molecule has 35 heavy (non-hydrogen) atoms. The summed E-state index contributed by atoms with van der Waals surface area (Å²) >= 11 is 0. The van der Waals surface area contributed by atoms with E-state index in [0.717, 1.165) is 48.0 Å². The third-order valence-corrected chi connectivity index (χ3v) is 6.42. The van der Waals surface area contributed by atoms with Crippen molar-refractivity contribution in [1.29, 1.82) is 0 Å². The van der Waals surface area contributed by atoms with Crippen LogP contribution in [0.4, 0.5) is 27.9 Å². The highest BCUT2D eigenvalue weighted by Gasteiger charge is 2.23. The third kappa shape index (κ3) is 5.95. The first kappa shape index (κ1) is 24.2. The fraction of sp³-hybridized carbons (Fsp3) is 0.400. The summed E-state index contributed by atoms with van der Waals surface area (Å²) < 4.78 is 0. The van der Waals surface area contributed by atoms with Crippen LogP contribution in [0.5, 0.6) is 0 Å². The molecule has 1 aliphatic rings. The summed E-state index contributed by atoms with van der Waals surface area (Å²) in [5.41, 5.74) is 2.07. The lowest BCUT2D eigenvalue weighted by molar-refractivity contribution is -0.384. The first-order valence-electron chi connectivity index (χ1n) is 11.8. The van der Waals surface area contributed by atoms with E-state index >= 15 is 0 Å². The van der Waals surface area contributed by atoms with Crippen molar-refractivity contribution in [3.63, 3.8) is 0 Å². The largest absolute Gasteiger partial charge is 0.362 e. The van der Waals surface area contributed by atoms with Crippen LogP contribution in [0.3, 0.4) is 0 Å². The average molecular weight is 478 g/mol. The number of nitrogens with one attached hydrogen (secondary N) is 3. The minimum atomic E-state index is -0.473. The van der Waals surface area contributed by atoms with E-state index in [2.05, 4.69) is 16.0 Å². The number of amides is 2. The first-order chi connectivity index (χ1) is 16.8. The number of para-hydroxylation sites is 1. The van der Waals surface area contributed by atoms with E-state index in [0.29, 0.717) is 24.1 Å². The van der Waals surface area contributed by atoms with Gasteiger partial charge in [-0.25, -0.2) is 9.78 Å². The maximum atomic E-state index is 12.4. The van der Waals surface area contributed by atoms with Crippen molar-refractivity contribution in [3.05, 3.63) is 58.1 Å². The van der Waals surface area contributed by atoms with Gasteiger partial charge in [0.2, 0.25) is 5.95 Å². The number of nitro groups is 1. The van der Waals surface area contributed by atoms with Crippen LogP contribution in [0.15, 0.2) is 42.5 Å². The van der Waals surface area contributed by atoms with Gasteiger partial charge in [0.1, 0.15) is 5.82 Å². The van der Waals surface area contributed by atoms with Crippen molar-refractivity contribution in [2.45, 2.75) is 38.6 Å². The Hall–Kier alpha value is -3.95. The SMILES string of the molecule is Cc1ccc([N+](=O)[O-])cc1NC(=O)NC[C@H]1CC[C@@H](Nc2nc(N(C)C)c3ccccc3n2)CC1. The summed E-state index contributed by atoms with van der Waals surface area (Å²) in [4.78, 5) is 34.3. The van der Waals surface area contributed by atoms with Crippen LogP contribution in [-0.2, 0) is 0 Å². The monoisotopic (exact) mass is 477 g/mol. The van der Waals surface area contributed by atoms with Crippen molar-refractivity contribution in [3.8, 4) is 0 Å². The highest BCUT2D eigenvalue weighted by Crippen LogP contribution is 2.28. The minimum absolute atomic E-state index is 0.0511. The predicted octanol–water partition coefficient (Wildman–Crippen LogP) is 4.70. The Balaban J connectivity index is 1.28. The molecule has 1 aromatic heterocycles. The van der Waals surface area contributed by atoms with E-state index in [4.69, 9.17) is 9.97 Å². The maximum Gasteiger partial charge on any atom is 0.319 e. The van der Waals surface area contributed by atoms with Crippen molar-refractivity contribution >= 4 is 40.1 Å². The van der Waals surface area contributed by atoms with Crippen LogP contribution in [-0.4, -0.2) is 47.6 Å². The normalized spacial score (nSPS) is 17.6. The second kappa shape index (κ2) is 10.5. The number of carbonyl (C=O) groups excluding carboxylic acids is 1. The third-order valence-electron chi connectivity index (χ3n) is 6.42. The van der Waals surface area contributed by atoms with Gasteiger partial charge >= 0.3 is 6.03 Å². The number of benzene rings is 2. The Labute approximate surface area is 204 Å². The van der Waals surface area contributed by atoms with Gasteiger partial charge in [-0.1, -0.05) is 18.2 Å². The smallest absolute Gasteiger partial charge is 0.319 e. The van der Waals surface area contributed by atoms with Crippen molar-refractivity contribution < 1.29 is 9.72 Å². The van der Waals surface area contributed by atoms with Crippen LogP contribution < -0.4 is 20.9 Å². The minimum Gasteiger partial charge on any atom is -0.362 e. The molecule has 1 heterocycles. The predicted molar refractivity (Wildman–Crippen MR) is 138 cm³/mol. The molecule has 3 aromatic rings. The van der Waals surface area contributed by atoms with Gasteiger partial charge < -0.3 is 20.9 Å². The molecule has 0 atom stereocenters. The molecule has 0 bridgehead atoms. The fourth-order valence-electron chi connectivity index (χ4n) is 4.42. The Morgan fingerprint density at radius 3 is 2.57 bits per heavy atom. The van der Waals surface area contributed by atoms with Crippen molar-refractivity contribution in [1.82, 2.24) is 15.3 Å². The lowest BCUT2D eigenvalue weighted by Gasteiger charge is -2.29. The van der Waals surface area contributed by atoms with Crippen LogP contribution in [0.25, 0.3) is 10.9 Å². The quantitative estimate of drug-likeness (QED) is 0.332. The molecule has 10 heteroatoms. The number of fused-ring (bicyclic) bond motifs is 1. The van der Waals surface area contributed by atoms with E-state index in [-0.39, 0.29) is 17.8 Å². The summed E-state index contributed by atoms with van der Waals surface area (Å²) in [7, 11) is 3.96. The second-order valence-electron chi connectivity index (χ2n) is 9.24.